The molecule has 0 bridgehead atoms. The second-order valence-corrected chi connectivity index (χ2v) is 4.18. The molecule has 2 rings (SSSR count). The van der Waals surface area contributed by atoms with Crippen LogP contribution in [0.1, 0.15) is 32.6 Å². The summed E-state index contributed by atoms with van der Waals surface area (Å²) in [6, 6.07) is 0.553. The molecule has 1 heteroatoms. The Morgan fingerprint density at radius 3 is 2.11 bits per heavy atom. The van der Waals surface area contributed by atoms with Crippen molar-refractivity contribution in [1.82, 2.24) is 0 Å². The van der Waals surface area contributed by atoms with Gasteiger partial charge in [0.1, 0.15) is 0 Å². The Hall–Kier alpha value is -0.0400. The van der Waals surface area contributed by atoms with Crippen molar-refractivity contribution in [2.75, 3.05) is 0 Å². The Kier molecular flexibility index (Phi) is 0.963. The Balaban J connectivity index is 1.87. The Bertz CT molecular complexity index is 99.0. The molecule has 9 heavy (non-hydrogen) atoms. The van der Waals surface area contributed by atoms with Gasteiger partial charge in [0, 0.05) is 6.04 Å². The molecule has 52 valence electrons. The van der Waals surface area contributed by atoms with Gasteiger partial charge < -0.3 is 5.73 Å². The lowest BCUT2D eigenvalue weighted by Crippen LogP contribution is -2.52. The minimum Gasteiger partial charge on any atom is -0.328 e. The van der Waals surface area contributed by atoms with Crippen LogP contribution < -0.4 is 5.73 Å². The second kappa shape index (κ2) is 1.51. The van der Waals surface area contributed by atoms with Crippen molar-refractivity contribution in [2.24, 2.45) is 17.1 Å². The smallest absolute Gasteiger partial charge is 0.00494 e. The van der Waals surface area contributed by atoms with Crippen LogP contribution in [-0.2, 0) is 0 Å². The third kappa shape index (κ3) is 0.710. The van der Waals surface area contributed by atoms with Crippen molar-refractivity contribution < 1.29 is 0 Å². The molecule has 0 atom stereocenters. The fourth-order valence-electron chi connectivity index (χ4n) is 2.80. The van der Waals surface area contributed by atoms with Gasteiger partial charge in [0.25, 0.3) is 0 Å². The molecule has 2 fully saturated rings. The second-order valence-electron chi connectivity index (χ2n) is 4.18. The summed E-state index contributed by atoms with van der Waals surface area (Å²) in [6.45, 7) is 2.34. The first-order chi connectivity index (χ1) is 4.20. The van der Waals surface area contributed by atoms with E-state index in [0.29, 0.717) is 6.04 Å². The van der Waals surface area contributed by atoms with E-state index < -0.39 is 0 Å². The van der Waals surface area contributed by atoms with E-state index in [-0.39, 0.29) is 0 Å². The summed E-state index contributed by atoms with van der Waals surface area (Å²) in [4.78, 5) is 0. The zero-order valence-corrected chi connectivity index (χ0v) is 6.06. The first-order valence-electron chi connectivity index (χ1n) is 3.96. The summed E-state index contributed by atoms with van der Waals surface area (Å²) in [5, 5.41) is 0. The average Bonchev–Trinajstić information content (AvgIpc) is 1.58. The highest BCUT2D eigenvalue weighted by atomic mass is 14.7. The quantitative estimate of drug-likeness (QED) is 0.522. The first kappa shape index (κ1) is 5.72. The molecule has 0 unspecified atom stereocenters. The molecule has 1 spiro atoms. The molecule has 2 aliphatic rings. The van der Waals surface area contributed by atoms with Crippen LogP contribution in [-0.4, -0.2) is 6.04 Å². The zero-order valence-electron chi connectivity index (χ0n) is 6.06. The molecule has 2 saturated carbocycles. The third-order valence-corrected chi connectivity index (χ3v) is 2.95. The number of hydrogen-bond donors (Lipinski definition) is 1. The van der Waals surface area contributed by atoms with Gasteiger partial charge in [0.15, 0.2) is 0 Å². The van der Waals surface area contributed by atoms with Crippen LogP contribution in [0.25, 0.3) is 0 Å². The zero-order chi connectivity index (χ0) is 6.48. The van der Waals surface area contributed by atoms with Gasteiger partial charge in [-0.05, 0) is 37.0 Å². The monoisotopic (exact) mass is 125 g/mol. The number of rotatable bonds is 0. The largest absolute Gasteiger partial charge is 0.328 e. The van der Waals surface area contributed by atoms with Crippen molar-refractivity contribution in [3.05, 3.63) is 0 Å². The molecule has 0 amide bonds. The SMILES string of the molecule is CC1CC2(C1)CC(N)C2. The average molecular weight is 125 g/mol. The predicted molar refractivity (Wildman–Crippen MR) is 38.0 cm³/mol. The lowest BCUT2D eigenvalue weighted by molar-refractivity contribution is -0.0313. The standard InChI is InChI=1S/C8H15N/c1-6-2-8(3-6)4-7(9)5-8/h6-7H,2-5,9H2,1H3. The predicted octanol–water partition coefficient (Wildman–Crippen LogP) is 1.52. The highest BCUT2D eigenvalue weighted by molar-refractivity contribution is 5.03. The van der Waals surface area contributed by atoms with Crippen LogP contribution >= 0.6 is 0 Å². The Labute approximate surface area is 56.6 Å². The van der Waals surface area contributed by atoms with E-state index in [1.807, 2.05) is 0 Å². The number of nitrogens with two attached hydrogens (primary N) is 1. The van der Waals surface area contributed by atoms with Gasteiger partial charge in [-0.3, -0.25) is 0 Å². The summed E-state index contributed by atoms with van der Waals surface area (Å²) < 4.78 is 0. The minimum atomic E-state index is 0.553. The lowest BCUT2D eigenvalue weighted by atomic mass is 9.51. The highest BCUT2D eigenvalue weighted by Gasteiger charge is 2.49. The first-order valence-corrected chi connectivity index (χ1v) is 3.96. The normalized spacial score (nSPS) is 56.7. The van der Waals surface area contributed by atoms with Crippen molar-refractivity contribution >= 4 is 0 Å². The van der Waals surface area contributed by atoms with Crippen molar-refractivity contribution in [3.63, 3.8) is 0 Å². The van der Waals surface area contributed by atoms with E-state index in [2.05, 4.69) is 6.92 Å². The van der Waals surface area contributed by atoms with Crippen LogP contribution in [0.3, 0.4) is 0 Å². The fourth-order valence-corrected chi connectivity index (χ4v) is 2.80. The molecular weight excluding hydrogens is 110 g/mol. The summed E-state index contributed by atoms with van der Waals surface area (Å²) >= 11 is 0. The molecular formula is C8H15N. The van der Waals surface area contributed by atoms with Gasteiger partial charge in [-0.25, -0.2) is 0 Å². The molecule has 0 aliphatic heterocycles. The topological polar surface area (TPSA) is 26.0 Å². The van der Waals surface area contributed by atoms with E-state index in [9.17, 15) is 0 Å². The molecule has 0 heterocycles. The Morgan fingerprint density at radius 2 is 1.78 bits per heavy atom. The highest BCUT2D eigenvalue weighted by Crippen LogP contribution is 2.57. The maximum absolute atomic E-state index is 5.71. The molecule has 1 nitrogen and oxygen atoms in total. The summed E-state index contributed by atoms with van der Waals surface area (Å²) in [5.41, 5.74) is 6.47. The molecule has 2 N–H and O–H groups in total. The van der Waals surface area contributed by atoms with Gasteiger partial charge in [-0.1, -0.05) is 6.92 Å². The van der Waals surface area contributed by atoms with Crippen molar-refractivity contribution in [1.29, 1.82) is 0 Å². The molecule has 0 aromatic carbocycles. The molecule has 0 saturated heterocycles. The van der Waals surface area contributed by atoms with E-state index in [1.54, 1.807) is 0 Å². The Morgan fingerprint density at radius 1 is 1.22 bits per heavy atom. The molecule has 2 aliphatic carbocycles. The summed E-state index contributed by atoms with van der Waals surface area (Å²) in [6.07, 6.45) is 5.55. The fraction of sp³-hybridized carbons (Fsp3) is 1.00. The van der Waals surface area contributed by atoms with Gasteiger partial charge in [0.2, 0.25) is 0 Å². The van der Waals surface area contributed by atoms with Crippen LogP contribution in [0.5, 0.6) is 0 Å². The van der Waals surface area contributed by atoms with E-state index >= 15 is 0 Å². The maximum Gasteiger partial charge on any atom is 0.00494 e. The minimum absolute atomic E-state index is 0.553. The molecule has 0 aromatic heterocycles. The van der Waals surface area contributed by atoms with Crippen LogP contribution in [0.2, 0.25) is 0 Å². The van der Waals surface area contributed by atoms with Crippen LogP contribution in [0.15, 0.2) is 0 Å². The van der Waals surface area contributed by atoms with E-state index in [4.69, 9.17) is 5.73 Å². The van der Waals surface area contributed by atoms with E-state index in [1.165, 1.54) is 25.7 Å². The summed E-state index contributed by atoms with van der Waals surface area (Å²) in [5.74, 6) is 0.998. The van der Waals surface area contributed by atoms with Crippen LogP contribution in [0, 0.1) is 11.3 Å². The van der Waals surface area contributed by atoms with Crippen LogP contribution in [0.4, 0.5) is 0 Å². The third-order valence-electron chi connectivity index (χ3n) is 2.95. The van der Waals surface area contributed by atoms with E-state index in [0.717, 1.165) is 11.3 Å². The summed E-state index contributed by atoms with van der Waals surface area (Å²) in [7, 11) is 0. The van der Waals surface area contributed by atoms with Gasteiger partial charge in [-0.2, -0.15) is 0 Å². The van der Waals surface area contributed by atoms with Crippen molar-refractivity contribution in [3.8, 4) is 0 Å². The van der Waals surface area contributed by atoms with Gasteiger partial charge in [0.05, 0.1) is 0 Å². The number of hydrogen-bond acceptors (Lipinski definition) is 1. The van der Waals surface area contributed by atoms with Gasteiger partial charge in [-0.15, -0.1) is 0 Å². The lowest BCUT2D eigenvalue weighted by Gasteiger charge is -2.56. The maximum atomic E-state index is 5.71. The molecule has 0 aromatic rings. The van der Waals surface area contributed by atoms with Gasteiger partial charge >= 0.3 is 0 Å². The van der Waals surface area contributed by atoms with Crippen molar-refractivity contribution in [2.45, 2.75) is 38.6 Å². The molecule has 0 radical (unpaired) electrons.